The molecule has 33 heavy (non-hydrogen) atoms. The Balaban J connectivity index is 1.45. The molecule has 2 unspecified atom stereocenters. The fourth-order valence-electron chi connectivity index (χ4n) is 7.66. The minimum atomic E-state index is -3.74. The summed E-state index contributed by atoms with van der Waals surface area (Å²) in [5, 5.41) is 12.7. The topological polar surface area (TPSA) is 94.5 Å². The number of nitrogens with zero attached hydrogens (tertiary/aromatic N) is 1. The molecule has 1 aromatic rings. The van der Waals surface area contributed by atoms with Gasteiger partial charge in [0.25, 0.3) is 0 Å². The monoisotopic (exact) mass is 477 g/mol. The smallest absolute Gasteiger partial charge is 0.306 e. The number of hydrogen-bond donors (Lipinski definition) is 1. The summed E-state index contributed by atoms with van der Waals surface area (Å²) in [6.07, 6.45) is 6.54. The molecule has 3 heterocycles. The van der Waals surface area contributed by atoms with E-state index in [9.17, 15) is 13.5 Å². The minimum Gasteiger partial charge on any atom is -0.479 e. The molecule has 2 saturated heterocycles. The van der Waals surface area contributed by atoms with Crippen LogP contribution in [0.4, 0.5) is 0 Å². The molecule has 2 bridgehead atoms. The van der Waals surface area contributed by atoms with Crippen LogP contribution in [0, 0.1) is 5.92 Å². The molecule has 3 aliphatic heterocycles. The fourth-order valence-corrected chi connectivity index (χ4v) is 8.12. The van der Waals surface area contributed by atoms with Crippen molar-refractivity contribution < 1.29 is 31.9 Å². The Hall–Kier alpha value is -1.39. The first-order valence-corrected chi connectivity index (χ1v) is 14.0. The molecule has 2 spiro atoms. The van der Waals surface area contributed by atoms with Gasteiger partial charge in [0.15, 0.2) is 17.6 Å². The van der Waals surface area contributed by atoms with Crippen LogP contribution < -0.4 is 8.92 Å². The maximum atomic E-state index is 12.7. The highest BCUT2D eigenvalue weighted by atomic mass is 32.2. The van der Waals surface area contributed by atoms with Crippen LogP contribution in [0.1, 0.15) is 49.7 Å². The molecular weight excluding hydrogens is 446 g/mol. The highest BCUT2D eigenvalue weighted by molar-refractivity contribution is 7.86. The first kappa shape index (κ1) is 20.9. The van der Waals surface area contributed by atoms with Crippen LogP contribution in [0.5, 0.6) is 11.5 Å². The Morgan fingerprint density at radius 3 is 2.70 bits per heavy atom. The quantitative estimate of drug-likeness (QED) is 0.656. The molecule has 180 valence electrons. The number of hydrogen-bond acceptors (Lipinski definition) is 8. The number of aliphatic hydroxyl groups is 1. The maximum Gasteiger partial charge on any atom is 0.306 e. The lowest BCUT2D eigenvalue weighted by molar-refractivity contribution is -0.285. The van der Waals surface area contributed by atoms with E-state index >= 15 is 0 Å². The van der Waals surface area contributed by atoms with E-state index in [0.717, 1.165) is 55.7 Å². The fraction of sp³-hybridized carbons (Fsp3) is 0.750. The van der Waals surface area contributed by atoms with E-state index in [1.165, 1.54) is 12.8 Å². The first-order chi connectivity index (χ1) is 15.8. The van der Waals surface area contributed by atoms with Gasteiger partial charge in [0.05, 0.1) is 30.5 Å². The van der Waals surface area contributed by atoms with Crippen LogP contribution in [-0.4, -0.2) is 74.5 Å². The molecule has 1 aromatic carbocycles. The number of rotatable bonds is 4. The molecule has 4 fully saturated rings. The summed E-state index contributed by atoms with van der Waals surface area (Å²) >= 11 is 0. The van der Waals surface area contributed by atoms with E-state index in [-0.39, 0.29) is 11.8 Å². The molecule has 2 saturated carbocycles. The van der Waals surface area contributed by atoms with Gasteiger partial charge in [0.1, 0.15) is 0 Å². The third-order valence-corrected chi connectivity index (χ3v) is 9.47. The number of benzene rings is 1. The second-order valence-corrected chi connectivity index (χ2v) is 12.5. The Labute approximate surface area is 194 Å². The molecule has 7 rings (SSSR count). The summed E-state index contributed by atoms with van der Waals surface area (Å²) in [4.78, 5) is 2.53. The largest absolute Gasteiger partial charge is 0.479 e. The van der Waals surface area contributed by atoms with Crippen LogP contribution in [-0.2, 0) is 31.4 Å². The third kappa shape index (κ3) is 2.74. The second-order valence-electron chi connectivity index (χ2n) is 10.9. The van der Waals surface area contributed by atoms with E-state index in [1.54, 1.807) is 6.07 Å². The highest BCUT2D eigenvalue weighted by Gasteiger charge is 2.76. The van der Waals surface area contributed by atoms with Gasteiger partial charge in [-0.2, -0.15) is 8.42 Å². The zero-order chi connectivity index (χ0) is 22.6. The molecule has 4 atom stereocenters. The van der Waals surface area contributed by atoms with Crippen LogP contribution in [0.3, 0.4) is 0 Å². The zero-order valence-electron chi connectivity index (χ0n) is 18.9. The molecule has 6 aliphatic rings. The molecular formula is C24H31NO7S. The summed E-state index contributed by atoms with van der Waals surface area (Å²) in [6.45, 7) is 2.95. The highest BCUT2D eigenvalue weighted by Crippen LogP contribution is 2.67. The Bertz CT molecular complexity index is 1110. The standard InChI is InChI=1S/C24H31NO7S/c1-33(27,28)32-17-6-5-16-13-18-23(26)8-9-24(29-11-12-30-24)21-22(23,19(16)20(17)31-21)7-2-10-25(18)14-15-3-4-15/h5-6,15,18,21,26H,2-4,7-14H2,1H3/t18-,21?,22+,23?/m1/s1. The van der Waals surface area contributed by atoms with Crippen molar-refractivity contribution in [3.63, 3.8) is 0 Å². The van der Waals surface area contributed by atoms with E-state index in [0.29, 0.717) is 31.8 Å². The Morgan fingerprint density at radius 2 is 1.97 bits per heavy atom. The van der Waals surface area contributed by atoms with Crippen molar-refractivity contribution in [2.24, 2.45) is 5.92 Å². The van der Waals surface area contributed by atoms with Crippen molar-refractivity contribution in [1.82, 2.24) is 4.90 Å². The molecule has 9 heteroatoms. The Morgan fingerprint density at radius 1 is 1.18 bits per heavy atom. The number of fused-ring (bicyclic) bond motifs is 1. The van der Waals surface area contributed by atoms with Gasteiger partial charge in [-0.1, -0.05) is 6.07 Å². The molecule has 1 N–H and O–H groups in total. The SMILES string of the molecule is CS(=O)(=O)Oc1ccc2c3c1OC1C4(CCC5(O)[C@@H](C2)N(CC2CC2)CCC[C@]315)OCCO4. The van der Waals surface area contributed by atoms with Gasteiger partial charge in [-0.05, 0) is 62.6 Å². The lowest BCUT2D eigenvalue weighted by atomic mass is 9.50. The van der Waals surface area contributed by atoms with E-state index in [4.69, 9.17) is 18.4 Å². The van der Waals surface area contributed by atoms with Gasteiger partial charge >= 0.3 is 10.1 Å². The predicted molar refractivity (Wildman–Crippen MR) is 118 cm³/mol. The molecule has 0 amide bonds. The summed E-state index contributed by atoms with van der Waals surface area (Å²) in [6, 6.07) is 3.66. The molecule has 0 aromatic heterocycles. The maximum absolute atomic E-state index is 12.7. The second kappa shape index (κ2) is 6.63. The molecule has 3 aliphatic carbocycles. The van der Waals surface area contributed by atoms with E-state index in [2.05, 4.69) is 4.90 Å². The van der Waals surface area contributed by atoms with E-state index in [1.807, 2.05) is 6.07 Å². The lowest BCUT2D eigenvalue weighted by Crippen LogP contribution is -2.75. The van der Waals surface area contributed by atoms with Crippen LogP contribution in [0.25, 0.3) is 0 Å². The van der Waals surface area contributed by atoms with Gasteiger partial charge in [0.2, 0.25) is 5.79 Å². The lowest BCUT2D eigenvalue weighted by Gasteiger charge is -2.60. The van der Waals surface area contributed by atoms with Crippen LogP contribution >= 0.6 is 0 Å². The van der Waals surface area contributed by atoms with Crippen molar-refractivity contribution in [1.29, 1.82) is 0 Å². The third-order valence-electron chi connectivity index (χ3n) is 8.99. The summed E-state index contributed by atoms with van der Waals surface area (Å²) < 4.78 is 48.5. The molecule has 0 radical (unpaired) electrons. The van der Waals surface area contributed by atoms with E-state index < -0.39 is 33.0 Å². The number of ether oxygens (including phenoxy) is 3. The van der Waals surface area contributed by atoms with Crippen molar-refractivity contribution in [3.05, 3.63) is 23.3 Å². The van der Waals surface area contributed by atoms with Crippen molar-refractivity contribution in [3.8, 4) is 11.5 Å². The average Bonchev–Trinajstić information content (AvgIpc) is 3.32. The van der Waals surface area contributed by atoms with Gasteiger partial charge in [-0.15, -0.1) is 0 Å². The van der Waals surface area contributed by atoms with Crippen LogP contribution in [0.2, 0.25) is 0 Å². The zero-order valence-corrected chi connectivity index (χ0v) is 19.7. The van der Waals surface area contributed by atoms with Crippen molar-refractivity contribution in [2.45, 2.75) is 73.9 Å². The van der Waals surface area contributed by atoms with Gasteiger partial charge in [-0.25, -0.2) is 0 Å². The number of likely N-dealkylation sites (tertiary alicyclic amines) is 1. The Kier molecular flexibility index (Phi) is 4.21. The normalized spacial score (nSPS) is 38.6. The molecule has 8 nitrogen and oxygen atoms in total. The van der Waals surface area contributed by atoms with Crippen LogP contribution in [0.15, 0.2) is 12.1 Å². The van der Waals surface area contributed by atoms with Gasteiger partial charge in [0, 0.05) is 24.6 Å². The predicted octanol–water partition coefficient (Wildman–Crippen LogP) is 1.72. The average molecular weight is 478 g/mol. The van der Waals surface area contributed by atoms with Gasteiger partial charge in [-0.3, -0.25) is 4.90 Å². The summed E-state index contributed by atoms with van der Waals surface area (Å²) in [7, 11) is -3.74. The summed E-state index contributed by atoms with van der Waals surface area (Å²) in [5.41, 5.74) is 0.295. The first-order valence-electron chi connectivity index (χ1n) is 12.2. The van der Waals surface area contributed by atoms with Crippen molar-refractivity contribution in [2.75, 3.05) is 32.6 Å². The minimum absolute atomic E-state index is 0.00872. The van der Waals surface area contributed by atoms with Gasteiger partial charge < -0.3 is 23.5 Å². The summed E-state index contributed by atoms with van der Waals surface area (Å²) in [5.74, 6) is 0.430. The van der Waals surface area contributed by atoms with Crippen molar-refractivity contribution >= 4 is 10.1 Å².